The summed E-state index contributed by atoms with van der Waals surface area (Å²) in [4.78, 5) is 16.1. The molecule has 0 heterocycles. The van der Waals surface area contributed by atoms with Crippen molar-refractivity contribution in [3.63, 3.8) is 0 Å². The van der Waals surface area contributed by atoms with Crippen molar-refractivity contribution in [1.82, 2.24) is 4.48 Å². The molecule has 0 fully saturated rings. The van der Waals surface area contributed by atoms with Crippen molar-refractivity contribution in [2.75, 3.05) is 4.90 Å². The van der Waals surface area contributed by atoms with Crippen LogP contribution in [0.4, 0.5) is 34.1 Å². The first-order chi connectivity index (χ1) is 21.6. The number of aliphatic imine (C=N–C) groups is 1. The third-order valence-corrected chi connectivity index (χ3v) is 6.94. The second kappa shape index (κ2) is 14.2. The zero-order valence-corrected chi connectivity index (χ0v) is 23.8. The smallest absolute Gasteiger partial charge is 0.330 e. The van der Waals surface area contributed by atoms with Crippen molar-refractivity contribution in [3.05, 3.63) is 197 Å². The van der Waals surface area contributed by atoms with E-state index in [1.165, 1.54) is 0 Å². The van der Waals surface area contributed by atoms with E-state index in [2.05, 4.69) is 157 Å². The van der Waals surface area contributed by atoms with Crippen LogP contribution in [0.1, 0.15) is 0 Å². The summed E-state index contributed by atoms with van der Waals surface area (Å²) in [7, 11) is 0. The van der Waals surface area contributed by atoms with Gasteiger partial charge in [-0.25, -0.2) is 4.90 Å². The maximum atomic E-state index is 8.25. The van der Waals surface area contributed by atoms with Crippen LogP contribution in [-0.2, 0) is 0 Å². The molecule has 0 atom stereocenters. The molecule has 7 nitrogen and oxygen atoms in total. The van der Waals surface area contributed by atoms with Crippen molar-refractivity contribution in [2.24, 2.45) is 4.99 Å². The summed E-state index contributed by atoms with van der Waals surface area (Å²) in [5.74, 6) is 0.826. The molecule has 0 radical (unpaired) electrons. The van der Waals surface area contributed by atoms with E-state index in [-0.39, 0.29) is 4.48 Å². The molecule has 0 aliphatic carbocycles. The molecule has 6 aromatic rings. The lowest BCUT2D eigenvalue weighted by Gasteiger charge is -2.41. The Bertz CT molecular complexity index is 1630. The summed E-state index contributed by atoms with van der Waals surface area (Å²) in [6, 6.07) is 63.1. The van der Waals surface area contributed by atoms with Gasteiger partial charge in [-0.05, 0) is 36.4 Å². The predicted octanol–water partition coefficient (Wildman–Crippen LogP) is 9.94. The van der Waals surface area contributed by atoms with Crippen LogP contribution in [0.2, 0.25) is 0 Å². The minimum atomic E-state index is -1.75. The maximum absolute atomic E-state index is 8.25. The van der Waals surface area contributed by atoms with Gasteiger partial charge in [-0.1, -0.05) is 109 Å². The Kier molecular flexibility index (Phi) is 9.52. The number of hydrogen-bond acceptors (Lipinski definition) is 4. The molecule has 0 spiro atoms. The number of anilines is 2. The van der Waals surface area contributed by atoms with Gasteiger partial charge in [-0.15, -0.1) is 0 Å². The molecular formula is C37H30N4O3. The number of hydrogen-bond donors (Lipinski definition) is 0. The van der Waals surface area contributed by atoms with Gasteiger partial charge in [0.25, 0.3) is 0 Å². The third-order valence-electron chi connectivity index (χ3n) is 6.94. The Labute approximate surface area is 256 Å². The van der Waals surface area contributed by atoms with E-state index < -0.39 is 5.09 Å². The molecule has 7 heteroatoms. The zero-order valence-electron chi connectivity index (χ0n) is 23.8. The molecule has 0 saturated carbocycles. The first-order valence-corrected chi connectivity index (χ1v) is 14.0. The lowest BCUT2D eigenvalue weighted by Crippen LogP contribution is -2.52. The van der Waals surface area contributed by atoms with E-state index in [9.17, 15) is 0 Å². The van der Waals surface area contributed by atoms with Gasteiger partial charge < -0.3 is 15.3 Å². The third kappa shape index (κ3) is 6.54. The van der Waals surface area contributed by atoms with Crippen LogP contribution in [0.3, 0.4) is 0 Å². The summed E-state index contributed by atoms with van der Waals surface area (Å²) in [6.45, 7) is 0. The van der Waals surface area contributed by atoms with Gasteiger partial charge in [0, 0.05) is 36.4 Å². The normalized spacial score (nSPS) is 11.1. The molecule has 0 aromatic heterocycles. The molecule has 0 aliphatic rings. The number of para-hydroxylation sites is 6. The summed E-state index contributed by atoms with van der Waals surface area (Å²) >= 11 is 0. The van der Waals surface area contributed by atoms with E-state index in [4.69, 9.17) is 20.3 Å². The zero-order chi connectivity index (χ0) is 30.6. The number of nitrogens with zero attached hydrogens (tertiary/aromatic N) is 4. The second-order valence-electron chi connectivity index (χ2n) is 9.65. The molecule has 0 unspecified atom stereocenters. The number of quaternary nitrogens is 1. The van der Waals surface area contributed by atoms with Gasteiger partial charge in [-0.3, -0.25) is 0 Å². The molecule has 0 bridgehead atoms. The van der Waals surface area contributed by atoms with Crippen molar-refractivity contribution in [2.45, 2.75) is 0 Å². The Balaban J connectivity index is 0.000000906. The SMILES string of the molecule is O=[N+]([O-])[O-].c1ccc(N=C(N(c2ccccc2)c2ccccc2)[N+](c2ccccc2)(c2ccccc2)c2ccccc2)cc1. The van der Waals surface area contributed by atoms with E-state index in [0.29, 0.717) is 0 Å². The quantitative estimate of drug-likeness (QED) is 0.0647. The Hall–Kier alpha value is -6.05. The molecule has 6 aromatic carbocycles. The van der Waals surface area contributed by atoms with Crippen LogP contribution in [0, 0.1) is 15.3 Å². The standard InChI is InChI=1S/C37H30N3.NO3/c1-7-19-31(20-8-1)38-37(39(32-21-9-2-10-22-32)33-23-11-3-12-24-33)40(34-25-13-4-14-26-34,35-27-15-5-16-28-35)36-29-17-6-18-30-36;2-1(3)4/h1-30H;/q+1;-1. The van der Waals surface area contributed by atoms with Crippen LogP contribution in [0.5, 0.6) is 0 Å². The molecule has 216 valence electrons. The molecule has 44 heavy (non-hydrogen) atoms. The van der Waals surface area contributed by atoms with E-state index in [1.807, 2.05) is 30.3 Å². The topological polar surface area (TPSA) is 81.8 Å². The Morgan fingerprint density at radius 3 is 1.07 bits per heavy atom. The van der Waals surface area contributed by atoms with Gasteiger partial charge >= 0.3 is 5.96 Å². The summed E-state index contributed by atoms with van der Waals surface area (Å²) in [5.41, 5.74) is 6.14. The Morgan fingerprint density at radius 1 is 0.477 bits per heavy atom. The van der Waals surface area contributed by atoms with Gasteiger partial charge in [0.2, 0.25) is 0 Å². The lowest BCUT2D eigenvalue weighted by atomic mass is 10.1. The minimum Gasteiger partial charge on any atom is -0.356 e. The van der Waals surface area contributed by atoms with Crippen LogP contribution in [0.15, 0.2) is 187 Å². The van der Waals surface area contributed by atoms with Crippen molar-refractivity contribution in [3.8, 4) is 0 Å². The average Bonchev–Trinajstić information content (AvgIpc) is 3.08. The van der Waals surface area contributed by atoms with E-state index in [0.717, 1.165) is 40.1 Å². The Morgan fingerprint density at radius 2 is 0.750 bits per heavy atom. The molecule has 0 saturated heterocycles. The fraction of sp³-hybridized carbons (Fsp3) is 0. The highest BCUT2D eigenvalue weighted by Gasteiger charge is 2.46. The predicted molar refractivity (Wildman–Crippen MR) is 179 cm³/mol. The van der Waals surface area contributed by atoms with E-state index in [1.54, 1.807) is 0 Å². The van der Waals surface area contributed by atoms with Gasteiger partial charge in [0.15, 0.2) is 17.1 Å². The lowest BCUT2D eigenvalue weighted by molar-refractivity contribution is -0.402. The highest BCUT2D eigenvalue weighted by molar-refractivity contribution is 6.16. The highest BCUT2D eigenvalue weighted by Crippen LogP contribution is 2.47. The molecule has 0 amide bonds. The van der Waals surface area contributed by atoms with Crippen LogP contribution in [-0.4, -0.2) is 11.0 Å². The van der Waals surface area contributed by atoms with Crippen LogP contribution in [0.25, 0.3) is 0 Å². The number of benzene rings is 6. The highest BCUT2D eigenvalue weighted by atomic mass is 16.9. The first-order valence-electron chi connectivity index (χ1n) is 14.0. The molecule has 6 rings (SSSR count). The fourth-order valence-corrected chi connectivity index (χ4v) is 5.18. The van der Waals surface area contributed by atoms with Crippen LogP contribution < -0.4 is 9.38 Å². The number of guanidine groups is 1. The van der Waals surface area contributed by atoms with Gasteiger partial charge in [0.1, 0.15) is 0 Å². The van der Waals surface area contributed by atoms with Gasteiger partial charge in [-0.2, -0.15) is 9.48 Å². The van der Waals surface area contributed by atoms with Crippen molar-refractivity contribution < 1.29 is 5.09 Å². The molecular weight excluding hydrogens is 548 g/mol. The van der Waals surface area contributed by atoms with E-state index >= 15 is 0 Å². The molecule has 0 N–H and O–H groups in total. The van der Waals surface area contributed by atoms with Crippen molar-refractivity contribution in [1.29, 1.82) is 0 Å². The fourth-order valence-electron chi connectivity index (χ4n) is 5.18. The second-order valence-corrected chi connectivity index (χ2v) is 9.65. The number of rotatable bonds is 6. The molecule has 0 aliphatic heterocycles. The maximum Gasteiger partial charge on any atom is 0.330 e. The summed E-state index contributed by atoms with van der Waals surface area (Å²) in [6.07, 6.45) is 0. The average molecular weight is 579 g/mol. The minimum absolute atomic E-state index is 0.265. The monoisotopic (exact) mass is 578 g/mol. The van der Waals surface area contributed by atoms with Crippen LogP contribution >= 0.6 is 0 Å². The summed E-state index contributed by atoms with van der Waals surface area (Å²) < 4.78 is 0.265. The van der Waals surface area contributed by atoms with Gasteiger partial charge in [0.05, 0.1) is 22.1 Å². The van der Waals surface area contributed by atoms with Crippen molar-refractivity contribution >= 4 is 40.1 Å². The largest absolute Gasteiger partial charge is 0.356 e. The summed E-state index contributed by atoms with van der Waals surface area (Å²) in [5, 5.41) is 14.8. The first kappa shape index (κ1) is 29.4.